The standard InChI is InChI=1S/C10H16N6O/c1-7-13-8(15-11)5-9(14-7)16-4-2-3-12-10(17)6-16/h5H,2-4,6,11H2,1H3,(H,12,17)(H,13,14,15). The molecule has 0 aliphatic carbocycles. The first-order valence-electron chi connectivity index (χ1n) is 5.53. The van der Waals surface area contributed by atoms with Crippen molar-refractivity contribution in [2.24, 2.45) is 5.84 Å². The highest BCUT2D eigenvalue weighted by Gasteiger charge is 2.16. The normalized spacial score (nSPS) is 16.4. The fourth-order valence-electron chi connectivity index (χ4n) is 1.79. The van der Waals surface area contributed by atoms with E-state index in [4.69, 9.17) is 5.84 Å². The molecule has 4 N–H and O–H groups in total. The van der Waals surface area contributed by atoms with Gasteiger partial charge in [-0.05, 0) is 13.3 Å². The lowest BCUT2D eigenvalue weighted by atomic mass is 10.3. The maximum atomic E-state index is 11.5. The number of rotatable bonds is 2. The molecule has 17 heavy (non-hydrogen) atoms. The minimum atomic E-state index is 0.0148. The summed E-state index contributed by atoms with van der Waals surface area (Å²) in [6.45, 7) is 3.61. The van der Waals surface area contributed by atoms with Crippen LogP contribution < -0.4 is 21.5 Å². The zero-order valence-electron chi connectivity index (χ0n) is 9.73. The summed E-state index contributed by atoms with van der Waals surface area (Å²) < 4.78 is 0. The first-order chi connectivity index (χ1) is 8.19. The maximum absolute atomic E-state index is 11.5. The van der Waals surface area contributed by atoms with Gasteiger partial charge in [-0.15, -0.1) is 0 Å². The van der Waals surface area contributed by atoms with Gasteiger partial charge in [0, 0.05) is 19.2 Å². The van der Waals surface area contributed by atoms with E-state index in [0.717, 1.165) is 18.8 Å². The molecular formula is C10H16N6O. The van der Waals surface area contributed by atoms with Crippen molar-refractivity contribution < 1.29 is 4.79 Å². The van der Waals surface area contributed by atoms with E-state index in [1.54, 1.807) is 13.0 Å². The zero-order chi connectivity index (χ0) is 12.3. The number of nitrogens with one attached hydrogen (secondary N) is 2. The number of amides is 1. The Balaban J connectivity index is 2.25. The molecule has 0 saturated carbocycles. The molecule has 1 aromatic heterocycles. The van der Waals surface area contributed by atoms with E-state index in [1.807, 2.05) is 4.90 Å². The zero-order valence-corrected chi connectivity index (χ0v) is 9.73. The van der Waals surface area contributed by atoms with Gasteiger partial charge in [0.25, 0.3) is 0 Å². The Kier molecular flexibility index (Phi) is 3.38. The van der Waals surface area contributed by atoms with E-state index in [0.29, 0.717) is 24.7 Å². The molecule has 2 rings (SSSR count). The molecule has 1 fully saturated rings. The van der Waals surface area contributed by atoms with Gasteiger partial charge in [0.2, 0.25) is 5.91 Å². The van der Waals surface area contributed by atoms with Gasteiger partial charge < -0.3 is 15.6 Å². The lowest BCUT2D eigenvalue weighted by Crippen LogP contribution is -2.33. The Hall–Kier alpha value is -1.89. The van der Waals surface area contributed by atoms with Crippen LogP contribution in [-0.2, 0) is 4.79 Å². The molecule has 0 radical (unpaired) electrons. The van der Waals surface area contributed by atoms with Crippen LogP contribution in [0.4, 0.5) is 11.6 Å². The van der Waals surface area contributed by atoms with Crippen LogP contribution in [0.25, 0.3) is 0 Å². The summed E-state index contributed by atoms with van der Waals surface area (Å²) in [7, 11) is 0. The second-order valence-corrected chi connectivity index (χ2v) is 3.93. The first-order valence-corrected chi connectivity index (χ1v) is 5.53. The number of nitrogen functional groups attached to an aromatic ring is 1. The van der Waals surface area contributed by atoms with Crippen molar-refractivity contribution in [2.75, 3.05) is 30.0 Å². The first kappa shape index (κ1) is 11.6. The van der Waals surface area contributed by atoms with Gasteiger partial charge in [0.1, 0.15) is 17.5 Å². The second kappa shape index (κ2) is 4.96. The van der Waals surface area contributed by atoms with Crippen LogP contribution in [0.3, 0.4) is 0 Å². The summed E-state index contributed by atoms with van der Waals surface area (Å²) in [6.07, 6.45) is 0.903. The van der Waals surface area contributed by atoms with Gasteiger partial charge in [-0.3, -0.25) is 4.79 Å². The number of aromatic nitrogens is 2. The number of hydrogen-bond donors (Lipinski definition) is 3. The predicted octanol–water partition coefficient (Wildman–Crippen LogP) is -0.603. The summed E-state index contributed by atoms with van der Waals surface area (Å²) in [5.74, 6) is 7.25. The van der Waals surface area contributed by atoms with Crippen LogP contribution in [0.2, 0.25) is 0 Å². The summed E-state index contributed by atoms with van der Waals surface area (Å²) in [6, 6.07) is 1.74. The van der Waals surface area contributed by atoms with Gasteiger partial charge in [0.15, 0.2) is 0 Å². The van der Waals surface area contributed by atoms with E-state index in [1.165, 1.54) is 0 Å². The Morgan fingerprint density at radius 3 is 3.12 bits per heavy atom. The molecule has 92 valence electrons. The molecule has 1 aromatic rings. The fourth-order valence-corrected chi connectivity index (χ4v) is 1.79. The third kappa shape index (κ3) is 2.82. The quantitative estimate of drug-likeness (QED) is 0.468. The third-order valence-corrected chi connectivity index (χ3v) is 2.56. The van der Waals surface area contributed by atoms with Crippen LogP contribution in [0.5, 0.6) is 0 Å². The van der Waals surface area contributed by atoms with E-state index in [9.17, 15) is 4.79 Å². The number of anilines is 2. The molecule has 7 nitrogen and oxygen atoms in total. The monoisotopic (exact) mass is 236 g/mol. The molecule has 0 aromatic carbocycles. The lowest BCUT2D eigenvalue weighted by Gasteiger charge is -2.20. The maximum Gasteiger partial charge on any atom is 0.239 e. The molecule has 0 atom stereocenters. The average Bonchev–Trinajstić information content (AvgIpc) is 2.53. The van der Waals surface area contributed by atoms with Crippen molar-refractivity contribution in [3.8, 4) is 0 Å². The third-order valence-electron chi connectivity index (χ3n) is 2.56. The van der Waals surface area contributed by atoms with Crippen molar-refractivity contribution in [1.29, 1.82) is 0 Å². The smallest absolute Gasteiger partial charge is 0.239 e. The number of nitrogens with two attached hydrogens (primary N) is 1. The van der Waals surface area contributed by atoms with E-state index >= 15 is 0 Å². The summed E-state index contributed by atoms with van der Waals surface area (Å²) in [5.41, 5.74) is 2.50. The minimum Gasteiger partial charge on any atom is -0.354 e. The van der Waals surface area contributed by atoms with Gasteiger partial charge >= 0.3 is 0 Å². The Labute approximate surface area is 99.4 Å². The molecule has 0 spiro atoms. The van der Waals surface area contributed by atoms with Crippen molar-refractivity contribution in [3.63, 3.8) is 0 Å². The molecule has 1 saturated heterocycles. The Bertz CT molecular complexity index is 421. The predicted molar refractivity (Wildman–Crippen MR) is 64.4 cm³/mol. The Morgan fingerprint density at radius 2 is 2.35 bits per heavy atom. The largest absolute Gasteiger partial charge is 0.354 e. The average molecular weight is 236 g/mol. The highest BCUT2D eigenvalue weighted by molar-refractivity contribution is 5.81. The molecule has 7 heteroatoms. The molecule has 0 bridgehead atoms. The number of hydrogen-bond acceptors (Lipinski definition) is 6. The van der Waals surface area contributed by atoms with Crippen molar-refractivity contribution >= 4 is 17.5 Å². The molecule has 0 unspecified atom stereocenters. The fraction of sp³-hybridized carbons (Fsp3) is 0.500. The second-order valence-electron chi connectivity index (χ2n) is 3.93. The summed E-state index contributed by atoms with van der Waals surface area (Å²) in [4.78, 5) is 21.8. The number of carbonyl (C=O) groups excluding carboxylic acids is 1. The molecule has 1 amide bonds. The lowest BCUT2D eigenvalue weighted by molar-refractivity contribution is -0.119. The topological polar surface area (TPSA) is 96.2 Å². The SMILES string of the molecule is Cc1nc(NN)cc(N2CCCNC(=O)C2)n1. The van der Waals surface area contributed by atoms with E-state index < -0.39 is 0 Å². The number of aryl methyl sites for hydroxylation is 1. The van der Waals surface area contributed by atoms with Crippen molar-refractivity contribution in [3.05, 3.63) is 11.9 Å². The Morgan fingerprint density at radius 1 is 1.53 bits per heavy atom. The summed E-state index contributed by atoms with van der Waals surface area (Å²) in [5, 5.41) is 2.82. The number of carbonyl (C=O) groups is 1. The van der Waals surface area contributed by atoms with E-state index in [-0.39, 0.29) is 5.91 Å². The van der Waals surface area contributed by atoms with Crippen molar-refractivity contribution in [1.82, 2.24) is 15.3 Å². The van der Waals surface area contributed by atoms with Crippen LogP contribution in [0.15, 0.2) is 6.07 Å². The van der Waals surface area contributed by atoms with Crippen molar-refractivity contribution in [2.45, 2.75) is 13.3 Å². The highest BCUT2D eigenvalue weighted by Crippen LogP contribution is 2.16. The minimum absolute atomic E-state index is 0.0148. The number of hydrazine groups is 1. The van der Waals surface area contributed by atoms with Crippen LogP contribution in [-0.4, -0.2) is 35.5 Å². The van der Waals surface area contributed by atoms with Gasteiger partial charge in [0.05, 0.1) is 6.54 Å². The molecule has 2 heterocycles. The van der Waals surface area contributed by atoms with Crippen LogP contribution in [0, 0.1) is 6.92 Å². The van der Waals surface area contributed by atoms with Gasteiger partial charge in [-0.25, -0.2) is 15.8 Å². The molecule has 1 aliphatic heterocycles. The van der Waals surface area contributed by atoms with E-state index in [2.05, 4.69) is 20.7 Å². The van der Waals surface area contributed by atoms with Gasteiger partial charge in [-0.1, -0.05) is 0 Å². The molecule has 1 aliphatic rings. The van der Waals surface area contributed by atoms with Gasteiger partial charge in [-0.2, -0.15) is 0 Å². The van der Waals surface area contributed by atoms with Crippen LogP contribution >= 0.6 is 0 Å². The highest BCUT2D eigenvalue weighted by atomic mass is 16.2. The molecular weight excluding hydrogens is 220 g/mol. The number of nitrogens with zero attached hydrogens (tertiary/aromatic N) is 3. The summed E-state index contributed by atoms with van der Waals surface area (Å²) >= 11 is 0. The van der Waals surface area contributed by atoms with Crippen LogP contribution in [0.1, 0.15) is 12.2 Å².